The van der Waals surface area contributed by atoms with Crippen LogP contribution in [-0.2, 0) is 11.3 Å². The van der Waals surface area contributed by atoms with Crippen molar-refractivity contribution < 1.29 is 9.59 Å². The molecule has 4 heteroatoms. The van der Waals surface area contributed by atoms with E-state index in [-0.39, 0.29) is 17.4 Å². The maximum Gasteiger partial charge on any atom is 0.255 e. The smallest absolute Gasteiger partial charge is 0.255 e. The lowest BCUT2D eigenvalue weighted by Gasteiger charge is -2.29. The normalized spacial score (nSPS) is 15.7. The van der Waals surface area contributed by atoms with Crippen LogP contribution in [0.3, 0.4) is 0 Å². The van der Waals surface area contributed by atoms with Crippen molar-refractivity contribution in [2.45, 2.75) is 45.8 Å². The van der Waals surface area contributed by atoms with Crippen LogP contribution in [0.15, 0.2) is 72.8 Å². The largest absolute Gasteiger partial charge is 0.349 e. The summed E-state index contributed by atoms with van der Waals surface area (Å²) in [5.74, 6) is -0.262. The Morgan fingerprint density at radius 3 is 2.19 bits per heavy atom. The minimum Gasteiger partial charge on any atom is -0.349 e. The van der Waals surface area contributed by atoms with Gasteiger partial charge in [-0.25, -0.2) is 0 Å². The van der Waals surface area contributed by atoms with Crippen molar-refractivity contribution in [1.29, 1.82) is 0 Å². The van der Waals surface area contributed by atoms with Gasteiger partial charge in [0.05, 0.1) is 0 Å². The highest BCUT2D eigenvalue weighted by molar-refractivity contribution is 6.04. The second-order valence-electron chi connectivity index (χ2n) is 9.19. The molecule has 0 spiro atoms. The van der Waals surface area contributed by atoms with Crippen molar-refractivity contribution in [3.8, 4) is 11.1 Å². The lowest BCUT2D eigenvalue weighted by Crippen LogP contribution is -2.46. The summed E-state index contributed by atoms with van der Waals surface area (Å²) in [5, 5.41) is 3.06. The summed E-state index contributed by atoms with van der Waals surface area (Å²) >= 11 is 0. The predicted octanol–water partition coefficient (Wildman–Crippen LogP) is 5.27. The lowest BCUT2D eigenvalue weighted by atomic mass is 9.98. The SMILES string of the molecule is Cc1ccc(-c2ccccc2CN2C(=O)c3ccccc3C2C(=O)NC(C)(C)C)cc1. The highest BCUT2D eigenvalue weighted by Crippen LogP contribution is 2.37. The van der Waals surface area contributed by atoms with E-state index < -0.39 is 6.04 Å². The van der Waals surface area contributed by atoms with E-state index in [0.29, 0.717) is 12.1 Å². The van der Waals surface area contributed by atoms with E-state index in [4.69, 9.17) is 0 Å². The van der Waals surface area contributed by atoms with Gasteiger partial charge in [-0.15, -0.1) is 0 Å². The molecular weight excluding hydrogens is 384 g/mol. The molecule has 1 aliphatic rings. The summed E-state index contributed by atoms with van der Waals surface area (Å²) in [4.78, 5) is 28.3. The lowest BCUT2D eigenvalue weighted by molar-refractivity contribution is -0.127. The van der Waals surface area contributed by atoms with Gasteiger partial charge >= 0.3 is 0 Å². The third kappa shape index (κ3) is 4.24. The topological polar surface area (TPSA) is 49.4 Å². The van der Waals surface area contributed by atoms with Gasteiger partial charge in [-0.3, -0.25) is 9.59 Å². The maximum absolute atomic E-state index is 13.3. The maximum atomic E-state index is 13.3. The number of rotatable bonds is 4. The predicted molar refractivity (Wildman–Crippen MR) is 124 cm³/mol. The summed E-state index contributed by atoms with van der Waals surface area (Å²) in [6.07, 6.45) is 0. The van der Waals surface area contributed by atoms with Crippen molar-refractivity contribution in [2.24, 2.45) is 0 Å². The molecule has 4 rings (SSSR count). The molecule has 1 aliphatic heterocycles. The molecule has 4 nitrogen and oxygen atoms in total. The molecule has 0 aliphatic carbocycles. The van der Waals surface area contributed by atoms with Gasteiger partial charge in [0.1, 0.15) is 6.04 Å². The molecule has 0 saturated carbocycles. The van der Waals surface area contributed by atoms with Gasteiger partial charge in [-0.2, -0.15) is 0 Å². The quantitative estimate of drug-likeness (QED) is 0.634. The van der Waals surface area contributed by atoms with Gasteiger partial charge in [0.15, 0.2) is 0 Å². The molecule has 1 atom stereocenters. The van der Waals surface area contributed by atoms with Gasteiger partial charge in [0.2, 0.25) is 5.91 Å². The second kappa shape index (κ2) is 8.03. The number of carbonyl (C=O) groups is 2. The second-order valence-corrected chi connectivity index (χ2v) is 9.19. The fourth-order valence-corrected chi connectivity index (χ4v) is 4.11. The van der Waals surface area contributed by atoms with Crippen molar-refractivity contribution in [1.82, 2.24) is 10.2 Å². The highest BCUT2D eigenvalue weighted by atomic mass is 16.2. The fourth-order valence-electron chi connectivity index (χ4n) is 4.11. The molecule has 158 valence electrons. The Morgan fingerprint density at radius 2 is 1.52 bits per heavy atom. The van der Waals surface area contributed by atoms with Crippen LogP contribution in [0.5, 0.6) is 0 Å². The molecule has 0 bridgehead atoms. The number of amides is 2. The van der Waals surface area contributed by atoms with Crippen LogP contribution in [-0.4, -0.2) is 22.3 Å². The van der Waals surface area contributed by atoms with Crippen LogP contribution < -0.4 is 5.32 Å². The molecular formula is C27H28N2O2. The van der Waals surface area contributed by atoms with Crippen molar-refractivity contribution in [2.75, 3.05) is 0 Å². The molecule has 0 fully saturated rings. The molecule has 0 saturated heterocycles. The highest BCUT2D eigenvalue weighted by Gasteiger charge is 2.41. The van der Waals surface area contributed by atoms with Crippen LogP contribution >= 0.6 is 0 Å². The summed E-state index contributed by atoms with van der Waals surface area (Å²) in [7, 11) is 0. The van der Waals surface area contributed by atoms with Crippen molar-refractivity contribution in [3.05, 3.63) is 95.1 Å². The number of hydrogen-bond acceptors (Lipinski definition) is 2. The summed E-state index contributed by atoms with van der Waals surface area (Å²) in [6.45, 7) is 8.27. The van der Waals surface area contributed by atoms with E-state index in [0.717, 1.165) is 22.3 Å². The zero-order valence-electron chi connectivity index (χ0n) is 18.5. The first-order valence-corrected chi connectivity index (χ1v) is 10.6. The third-order valence-electron chi connectivity index (χ3n) is 5.53. The standard InChI is InChI=1S/C27H28N2O2/c1-18-13-15-19(16-14-18)21-10-6-5-9-20(21)17-29-24(25(30)28-27(2,3)4)22-11-7-8-12-23(22)26(29)31/h5-16,24H,17H2,1-4H3,(H,28,30). The summed E-state index contributed by atoms with van der Waals surface area (Å²) in [6, 6.07) is 23.2. The third-order valence-corrected chi connectivity index (χ3v) is 5.53. The van der Waals surface area contributed by atoms with Gasteiger partial charge in [-0.1, -0.05) is 72.3 Å². The monoisotopic (exact) mass is 412 g/mol. The Morgan fingerprint density at radius 1 is 0.903 bits per heavy atom. The minimum absolute atomic E-state index is 0.108. The molecule has 1 unspecified atom stereocenters. The summed E-state index contributed by atoms with van der Waals surface area (Å²) < 4.78 is 0. The number of carbonyl (C=O) groups excluding carboxylic acids is 2. The molecule has 31 heavy (non-hydrogen) atoms. The Kier molecular flexibility index (Phi) is 5.40. The van der Waals surface area contributed by atoms with Gasteiger partial charge in [0.25, 0.3) is 5.91 Å². The Balaban J connectivity index is 1.73. The van der Waals surface area contributed by atoms with Crippen LogP contribution in [0, 0.1) is 6.92 Å². The number of aryl methyl sites for hydroxylation is 1. The Labute approximate surface area is 183 Å². The number of nitrogens with one attached hydrogen (secondary N) is 1. The molecule has 2 amide bonds. The average molecular weight is 413 g/mol. The number of benzene rings is 3. The van der Waals surface area contributed by atoms with Crippen molar-refractivity contribution >= 4 is 11.8 Å². The number of nitrogens with zero attached hydrogens (tertiary/aromatic N) is 1. The van der Waals surface area contributed by atoms with Crippen LogP contribution in [0.2, 0.25) is 0 Å². The first-order valence-electron chi connectivity index (χ1n) is 10.6. The van der Waals surface area contributed by atoms with Gasteiger partial charge < -0.3 is 10.2 Å². The van der Waals surface area contributed by atoms with E-state index >= 15 is 0 Å². The van der Waals surface area contributed by atoms with Gasteiger partial charge in [0, 0.05) is 17.6 Å². The average Bonchev–Trinajstić information content (AvgIpc) is 3.00. The molecule has 1 heterocycles. The Bertz CT molecular complexity index is 1130. The molecule has 1 N–H and O–H groups in total. The van der Waals surface area contributed by atoms with Crippen LogP contribution in [0.1, 0.15) is 53.9 Å². The number of hydrogen-bond donors (Lipinski definition) is 1. The van der Waals surface area contributed by atoms with Crippen molar-refractivity contribution in [3.63, 3.8) is 0 Å². The molecule has 0 radical (unpaired) electrons. The van der Waals surface area contributed by atoms with Gasteiger partial charge in [-0.05, 0) is 56.0 Å². The van der Waals surface area contributed by atoms with E-state index in [2.05, 4.69) is 42.6 Å². The Hall–Kier alpha value is -3.40. The fraction of sp³-hybridized carbons (Fsp3) is 0.259. The molecule has 3 aromatic carbocycles. The van der Waals surface area contributed by atoms with E-state index in [1.807, 2.05) is 57.2 Å². The summed E-state index contributed by atoms with van der Waals surface area (Å²) in [5.41, 5.74) is 5.36. The zero-order valence-corrected chi connectivity index (χ0v) is 18.5. The van der Waals surface area contributed by atoms with E-state index in [1.165, 1.54) is 5.56 Å². The first kappa shape index (κ1) is 20.9. The zero-order chi connectivity index (χ0) is 22.2. The molecule has 0 aromatic heterocycles. The minimum atomic E-state index is -0.644. The van der Waals surface area contributed by atoms with E-state index in [1.54, 1.807) is 11.0 Å². The van der Waals surface area contributed by atoms with E-state index in [9.17, 15) is 9.59 Å². The van der Waals surface area contributed by atoms with Crippen LogP contribution in [0.25, 0.3) is 11.1 Å². The number of fused-ring (bicyclic) bond motifs is 1. The van der Waals surface area contributed by atoms with Crippen LogP contribution in [0.4, 0.5) is 0 Å². The first-order chi connectivity index (χ1) is 14.7. The molecule has 3 aromatic rings.